The number of piperidine rings is 1. The fraction of sp³-hybridized carbons (Fsp3) is 0.400. The number of fused-ring (bicyclic) bond motifs is 1. The number of hydrogen-bond acceptors (Lipinski definition) is 5. The molecule has 0 bridgehead atoms. The molecule has 2 aliphatic rings. The van der Waals surface area contributed by atoms with Crippen LogP contribution in [0.5, 0.6) is 11.6 Å². The summed E-state index contributed by atoms with van der Waals surface area (Å²) in [4.78, 5) is 17.9. The topological polar surface area (TPSA) is 77.7 Å². The predicted molar refractivity (Wildman–Crippen MR) is 96.7 cm³/mol. The molecule has 26 heavy (non-hydrogen) atoms. The first-order valence-electron chi connectivity index (χ1n) is 9.04. The summed E-state index contributed by atoms with van der Waals surface area (Å²) in [6, 6.07) is 12.1. The highest BCUT2D eigenvalue weighted by molar-refractivity contribution is 5.76. The van der Waals surface area contributed by atoms with Crippen molar-refractivity contribution in [3.05, 3.63) is 53.7 Å². The highest BCUT2D eigenvalue weighted by Crippen LogP contribution is 2.34. The van der Waals surface area contributed by atoms with Crippen LogP contribution in [0, 0.1) is 5.92 Å². The molecule has 3 heterocycles. The van der Waals surface area contributed by atoms with Crippen molar-refractivity contribution >= 4 is 5.91 Å². The van der Waals surface area contributed by atoms with Gasteiger partial charge in [0, 0.05) is 18.7 Å². The molecule has 0 spiro atoms. The number of pyridine rings is 1. The molecule has 4 rings (SSSR count). The molecule has 6 nitrogen and oxygen atoms in total. The average molecular weight is 353 g/mol. The minimum absolute atomic E-state index is 0.0357. The third kappa shape index (κ3) is 3.65. The number of carbonyl (C=O) groups is 1. The summed E-state index contributed by atoms with van der Waals surface area (Å²) in [5, 5.41) is 0. The van der Waals surface area contributed by atoms with E-state index < -0.39 is 0 Å². The third-order valence-corrected chi connectivity index (χ3v) is 5.13. The number of rotatable bonds is 4. The molecule has 1 aromatic heterocycles. The van der Waals surface area contributed by atoms with Crippen molar-refractivity contribution in [2.75, 3.05) is 19.7 Å². The number of nitrogens with zero attached hydrogens (tertiary/aromatic N) is 2. The molecule has 0 saturated carbocycles. The maximum Gasteiger partial charge on any atom is 0.257 e. The number of aromatic nitrogens is 1. The van der Waals surface area contributed by atoms with E-state index >= 15 is 0 Å². The van der Waals surface area contributed by atoms with Gasteiger partial charge < -0.3 is 15.2 Å². The zero-order valence-electron chi connectivity index (χ0n) is 14.6. The molecule has 2 N–H and O–H groups in total. The number of likely N-dealkylation sites (tertiary alicyclic amines) is 1. The number of carbonyl (C=O) groups excluding carboxylic acids is 1. The second kappa shape index (κ2) is 7.33. The Labute approximate surface area is 152 Å². The Morgan fingerprint density at radius 3 is 2.69 bits per heavy atom. The molecule has 6 heteroatoms. The van der Waals surface area contributed by atoms with E-state index in [1.807, 2.05) is 12.1 Å². The molecule has 1 atom stereocenters. The summed E-state index contributed by atoms with van der Waals surface area (Å²) in [6.45, 7) is 3.20. The summed E-state index contributed by atoms with van der Waals surface area (Å²) in [5.74, 6) is 1.11. The van der Waals surface area contributed by atoms with Gasteiger partial charge in [-0.2, -0.15) is 0 Å². The number of ether oxygens (including phenoxy) is 2. The van der Waals surface area contributed by atoms with Crippen LogP contribution in [0.4, 0.5) is 0 Å². The Bertz CT molecular complexity index is 770. The van der Waals surface area contributed by atoms with Gasteiger partial charge >= 0.3 is 0 Å². The summed E-state index contributed by atoms with van der Waals surface area (Å²) in [7, 11) is 0. The zero-order valence-corrected chi connectivity index (χ0v) is 14.6. The van der Waals surface area contributed by atoms with Gasteiger partial charge in [0.25, 0.3) is 5.88 Å². The van der Waals surface area contributed by atoms with Gasteiger partial charge in [-0.15, -0.1) is 0 Å². The molecule has 2 aromatic rings. The summed E-state index contributed by atoms with van der Waals surface area (Å²) >= 11 is 0. The Kier molecular flexibility index (Phi) is 4.75. The number of nitrogens with two attached hydrogens (primary N) is 1. The quantitative estimate of drug-likeness (QED) is 0.912. The van der Waals surface area contributed by atoms with Crippen molar-refractivity contribution in [2.45, 2.75) is 25.5 Å². The van der Waals surface area contributed by atoms with Gasteiger partial charge in [0.05, 0.1) is 0 Å². The van der Waals surface area contributed by atoms with Crippen molar-refractivity contribution in [1.29, 1.82) is 0 Å². The Morgan fingerprint density at radius 1 is 1.19 bits per heavy atom. The Balaban J connectivity index is 1.35. The first-order valence-corrected chi connectivity index (χ1v) is 9.04. The highest BCUT2D eigenvalue weighted by Gasteiger charge is 2.24. The van der Waals surface area contributed by atoms with Gasteiger partial charge in [0.15, 0.2) is 11.9 Å². The van der Waals surface area contributed by atoms with E-state index in [4.69, 9.17) is 15.2 Å². The third-order valence-electron chi connectivity index (χ3n) is 5.13. The Hall–Kier alpha value is -2.60. The number of primary amides is 1. The first-order chi connectivity index (χ1) is 12.7. The van der Waals surface area contributed by atoms with E-state index in [0.29, 0.717) is 18.2 Å². The SMILES string of the molecule is NC(=O)C1CCN(Cc2ccc([C@H]3COc4cccnc4O3)cc2)CC1. The van der Waals surface area contributed by atoms with E-state index in [-0.39, 0.29) is 17.9 Å². The lowest BCUT2D eigenvalue weighted by molar-refractivity contribution is -0.123. The van der Waals surface area contributed by atoms with E-state index in [9.17, 15) is 4.79 Å². The fourth-order valence-electron chi connectivity index (χ4n) is 3.54. The van der Waals surface area contributed by atoms with Crippen molar-refractivity contribution in [3.63, 3.8) is 0 Å². The van der Waals surface area contributed by atoms with E-state index in [1.54, 1.807) is 6.20 Å². The molecule has 1 fully saturated rings. The smallest absolute Gasteiger partial charge is 0.257 e. The normalized spacial score (nSPS) is 20.7. The van der Waals surface area contributed by atoms with Gasteiger partial charge in [0.1, 0.15) is 6.61 Å². The maximum atomic E-state index is 11.3. The van der Waals surface area contributed by atoms with Crippen molar-refractivity contribution in [1.82, 2.24) is 9.88 Å². The lowest BCUT2D eigenvalue weighted by Crippen LogP contribution is -2.38. The van der Waals surface area contributed by atoms with E-state index in [2.05, 4.69) is 34.1 Å². The standard InChI is InChI=1S/C20H23N3O3/c21-19(24)16-7-10-23(11-8-16)12-14-3-5-15(6-4-14)18-13-25-17-2-1-9-22-20(17)26-18/h1-6,9,16,18H,7-8,10-13H2,(H2,21,24)/t18-/m1/s1. The highest BCUT2D eigenvalue weighted by atomic mass is 16.6. The molecule has 136 valence electrons. The van der Waals surface area contributed by atoms with Crippen LogP contribution in [0.3, 0.4) is 0 Å². The monoisotopic (exact) mass is 353 g/mol. The Morgan fingerprint density at radius 2 is 1.96 bits per heavy atom. The van der Waals surface area contributed by atoms with E-state index in [1.165, 1.54) is 5.56 Å². The zero-order chi connectivity index (χ0) is 17.9. The molecule has 2 aliphatic heterocycles. The number of hydrogen-bond donors (Lipinski definition) is 1. The maximum absolute atomic E-state index is 11.3. The minimum Gasteiger partial charge on any atom is -0.484 e. The fourth-order valence-corrected chi connectivity index (χ4v) is 3.54. The molecule has 1 amide bonds. The second-order valence-electron chi connectivity index (χ2n) is 6.92. The van der Waals surface area contributed by atoms with Crippen molar-refractivity contribution in [3.8, 4) is 11.6 Å². The second-order valence-corrected chi connectivity index (χ2v) is 6.92. The molecule has 1 saturated heterocycles. The van der Waals surface area contributed by atoms with Gasteiger partial charge in [-0.1, -0.05) is 24.3 Å². The molecule has 0 unspecified atom stereocenters. The molecular formula is C20H23N3O3. The van der Waals surface area contributed by atoms with Crippen LogP contribution in [-0.2, 0) is 11.3 Å². The van der Waals surface area contributed by atoms with Crippen molar-refractivity contribution in [2.24, 2.45) is 11.7 Å². The summed E-state index contributed by atoms with van der Waals surface area (Å²) in [6.07, 6.45) is 3.27. The molecular weight excluding hydrogens is 330 g/mol. The average Bonchev–Trinajstić information content (AvgIpc) is 2.68. The van der Waals surface area contributed by atoms with E-state index in [0.717, 1.165) is 38.0 Å². The minimum atomic E-state index is -0.167. The van der Waals surface area contributed by atoms with Gasteiger partial charge in [-0.3, -0.25) is 9.69 Å². The predicted octanol–water partition coefficient (Wildman–Crippen LogP) is 2.29. The van der Waals surface area contributed by atoms with Gasteiger partial charge in [0.2, 0.25) is 5.91 Å². The van der Waals surface area contributed by atoms with Crippen LogP contribution in [0.15, 0.2) is 42.6 Å². The van der Waals surface area contributed by atoms with Crippen LogP contribution < -0.4 is 15.2 Å². The van der Waals surface area contributed by atoms with Gasteiger partial charge in [-0.25, -0.2) is 4.98 Å². The largest absolute Gasteiger partial charge is 0.484 e. The first kappa shape index (κ1) is 16.8. The van der Waals surface area contributed by atoms with Crippen LogP contribution in [0.1, 0.15) is 30.1 Å². The van der Waals surface area contributed by atoms with Crippen LogP contribution in [-0.4, -0.2) is 35.5 Å². The van der Waals surface area contributed by atoms with Crippen LogP contribution in [0.2, 0.25) is 0 Å². The molecule has 1 aromatic carbocycles. The van der Waals surface area contributed by atoms with Gasteiger partial charge in [-0.05, 0) is 49.2 Å². The lowest BCUT2D eigenvalue weighted by atomic mass is 9.96. The number of benzene rings is 1. The number of amides is 1. The summed E-state index contributed by atoms with van der Waals surface area (Å²) < 4.78 is 11.7. The molecule has 0 aliphatic carbocycles. The van der Waals surface area contributed by atoms with Crippen molar-refractivity contribution < 1.29 is 14.3 Å². The van der Waals surface area contributed by atoms with Crippen LogP contribution >= 0.6 is 0 Å². The molecule has 0 radical (unpaired) electrons. The lowest BCUT2D eigenvalue weighted by Gasteiger charge is -2.30. The van der Waals surface area contributed by atoms with Crippen LogP contribution in [0.25, 0.3) is 0 Å². The summed E-state index contributed by atoms with van der Waals surface area (Å²) in [5.41, 5.74) is 7.73.